The van der Waals surface area contributed by atoms with Gasteiger partial charge in [-0.3, -0.25) is 9.69 Å². The van der Waals surface area contributed by atoms with Gasteiger partial charge in [0.1, 0.15) is 6.54 Å². The number of hydrogen-bond acceptors (Lipinski definition) is 3. The minimum absolute atomic E-state index is 0.0145. The molecule has 1 aromatic rings. The van der Waals surface area contributed by atoms with E-state index in [-0.39, 0.29) is 24.5 Å². The highest BCUT2D eigenvalue weighted by atomic mass is 16.2. The van der Waals surface area contributed by atoms with Crippen molar-refractivity contribution in [1.82, 2.24) is 14.7 Å². The first-order chi connectivity index (χ1) is 10.0. The molecule has 3 amide bonds. The molecule has 1 saturated heterocycles. The fraction of sp³-hybridized carbons (Fsp3) is 0.500. The minimum Gasteiger partial charge on any atom is -0.315 e. The smallest absolute Gasteiger partial charge is 0.315 e. The Labute approximate surface area is 126 Å². The average molecular weight is 289 g/mol. The van der Waals surface area contributed by atoms with E-state index in [9.17, 15) is 9.59 Å². The summed E-state index contributed by atoms with van der Waals surface area (Å²) < 4.78 is 0. The number of nitrogens with zero attached hydrogens (tertiary/aromatic N) is 3. The molecule has 1 aliphatic heterocycles. The molecule has 21 heavy (non-hydrogen) atoms. The molecular weight excluding hydrogens is 266 g/mol. The second kappa shape index (κ2) is 6.72. The van der Waals surface area contributed by atoms with Gasteiger partial charge in [0.25, 0.3) is 0 Å². The Morgan fingerprint density at radius 3 is 2.43 bits per heavy atom. The number of urea groups is 1. The molecule has 1 fully saturated rings. The summed E-state index contributed by atoms with van der Waals surface area (Å²) >= 11 is 0. The van der Waals surface area contributed by atoms with Crippen LogP contribution < -0.4 is 0 Å². The van der Waals surface area contributed by atoms with E-state index in [1.54, 1.807) is 4.90 Å². The van der Waals surface area contributed by atoms with E-state index >= 15 is 0 Å². The van der Waals surface area contributed by atoms with E-state index in [2.05, 4.69) is 0 Å². The quantitative estimate of drug-likeness (QED) is 0.752. The van der Waals surface area contributed by atoms with E-state index in [1.807, 2.05) is 56.3 Å². The number of carbonyl (C=O) groups excluding carboxylic acids is 2. The third-order valence-corrected chi connectivity index (χ3v) is 3.79. The zero-order valence-electron chi connectivity index (χ0n) is 13.0. The van der Waals surface area contributed by atoms with Gasteiger partial charge in [-0.1, -0.05) is 37.3 Å². The van der Waals surface area contributed by atoms with Crippen LogP contribution in [0.2, 0.25) is 0 Å². The number of likely N-dealkylation sites (N-methyl/N-ethyl adjacent to an activating group) is 1. The van der Waals surface area contributed by atoms with Crippen molar-refractivity contribution in [2.45, 2.75) is 19.4 Å². The van der Waals surface area contributed by atoms with Crippen molar-refractivity contribution in [2.24, 2.45) is 0 Å². The minimum atomic E-state index is -0.162. The van der Waals surface area contributed by atoms with Crippen LogP contribution in [-0.2, 0) is 4.79 Å². The maximum atomic E-state index is 12.3. The second-order valence-corrected chi connectivity index (χ2v) is 5.60. The monoisotopic (exact) mass is 289 g/mol. The summed E-state index contributed by atoms with van der Waals surface area (Å²) in [6.07, 6.45) is 0.864. The molecule has 1 aromatic carbocycles. The van der Waals surface area contributed by atoms with Gasteiger partial charge in [0, 0.05) is 6.54 Å². The van der Waals surface area contributed by atoms with E-state index in [1.165, 1.54) is 4.90 Å². The van der Waals surface area contributed by atoms with Crippen molar-refractivity contribution in [3.8, 4) is 0 Å². The fourth-order valence-electron chi connectivity index (χ4n) is 2.63. The van der Waals surface area contributed by atoms with Gasteiger partial charge in [-0.15, -0.1) is 0 Å². The Bertz CT molecular complexity index is 502. The average Bonchev–Trinajstić information content (AvgIpc) is 2.72. The largest absolute Gasteiger partial charge is 0.327 e. The third-order valence-electron chi connectivity index (χ3n) is 3.79. The highest BCUT2D eigenvalue weighted by Crippen LogP contribution is 2.22. The number of carbonyl (C=O) groups is 2. The van der Waals surface area contributed by atoms with E-state index in [0.717, 1.165) is 12.0 Å². The Morgan fingerprint density at radius 1 is 1.19 bits per heavy atom. The lowest BCUT2D eigenvalue weighted by molar-refractivity contribution is -0.125. The topological polar surface area (TPSA) is 43.9 Å². The molecule has 0 spiro atoms. The van der Waals surface area contributed by atoms with Gasteiger partial charge in [-0.2, -0.15) is 0 Å². The third kappa shape index (κ3) is 3.42. The van der Waals surface area contributed by atoms with E-state index < -0.39 is 0 Å². The van der Waals surface area contributed by atoms with Crippen LogP contribution >= 0.6 is 0 Å². The van der Waals surface area contributed by atoms with Crippen LogP contribution in [0, 0.1) is 0 Å². The molecule has 0 aliphatic carbocycles. The first kappa shape index (κ1) is 15.5. The van der Waals surface area contributed by atoms with Crippen molar-refractivity contribution in [3.05, 3.63) is 35.9 Å². The van der Waals surface area contributed by atoms with Crippen LogP contribution in [0.5, 0.6) is 0 Å². The zero-order chi connectivity index (χ0) is 15.4. The molecule has 5 nitrogen and oxygen atoms in total. The van der Waals surface area contributed by atoms with Crippen LogP contribution in [0.4, 0.5) is 4.79 Å². The van der Waals surface area contributed by atoms with Gasteiger partial charge >= 0.3 is 6.03 Å². The highest BCUT2D eigenvalue weighted by molar-refractivity contribution is 6.02. The normalized spacial score (nSPS) is 17.0. The number of rotatable bonds is 6. The van der Waals surface area contributed by atoms with Crippen molar-refractivity contribution < 1.29 is 9.59 Å². The Kier molecular flexibility index (Phi) is 4.96. The predicted octanol–water partition coefficient (Wildman–Crippen LogP) is 1.96. The predicted molar refractivity (Wildman–Crippen MR) is 81.8 cm³/mol. The molecule has 114 valence electrons. The lowest BCUT2D eigenvalue weighted by atomic mass is 10.1. The lowest BCUT2D eigenvalue weighted by Crippen LogP contribution is -2.39. The fourth-order valence-corrected chi connectivity index (χ4v) is 2.63. The Hall–Kier alpha value is -1.88. The van der Waals surface area contributed by atoms with Gasteiger partial charge in [0.15, 0.2) is 0 Å². The highest BCUT2D eigenvalue weighted by Gasteiger charge is 2.37. The summed E-state index contributed by atoms with van der Waals surface area (Å²) in [7, 11) is 3.93. The molecule has 0 saturated carbocycles. The summed E-state index contributed by atoms with van der Waals surface area (Å²) in [5, 5.41) is 0. The van der Waals surface area contributed by atoms with Crippen molar-refractivity contribution >= 4 is 11.9 Å². The van der Waals surface area contributed by atoms with Crippen LogP contribution in [0.1, 0.15) is 24.9 Å². The van der Waals surface area contributed by atoms with Crippen LogP contribution in [0.25, 0.3) is 0 Å². The summed E-state index contributed by atoms with van der Waals surface area (Å²) in [6.45, 7) is 3.25. The van der Waals surface area contributed by atoms with Gasteiger partial charge in [-0.25, -0.2) is 4.79 Å². The van der Waals surface area contributed by atoms with Crippen LogP contribution in [0.15, 0.2) is 30.3 Å². The molecule has 1 heterocycles. The molecular formula is C16H23N3O2. The Balaban J connectivity index is 2.14. The van der Waals surface area contributed by atoms with Gasteiger partial charge in [0.2, 0.25) is 5.91 Å². The first-order valence-corrected chi connectivity index (χ1v) is 7.35. The van der Waals surface area contributed by atoms with Crippen molar-refractivity contribution in [1.29, 1.82) is 0 Å². The van der Waals surface area contributed by atoms with Gasteiger partial charge in [-0.05, 0) is 26.1 Å². The zero-order valence-corrected chi connectivity index (χ0v) is 13.0. The summed E-state index contributed by atoms with van der Waals surface area (Å²) in [5.41, 5.74) is 1.11. The van der Waals surface area contributed by atoms with E-state index in [0.29, 0.717) is 13.1 Å². The molecule has 0 aromatic heterocycles. The first-order valence-electron chi connectivity index (χ1n) is 7.35. The molecule has 1 unspecified atom stereocenters. The standard InChI is InChI=1S/C16H23N3O2/c1-4-10-18-12-15(20)19(16(18)21)11-14(17(2)3)13-8-6-5-7-9-13/h5-9,14H,4,10-12H2,1-3H3. The summed E-state index contributed by atoms with van der Waals surface area (Å²) in [5.74, 6) is -0.101. The second-order valence-electron chi connectivity index (χ2n) is 5.60. The van der Waals surface area contributed by atoms with Gasteiger partial charge in [0.05, 0.1) is 12.6 Å². The molecule has 5 heteroatoms. The van der Waals surface area contributed by atoms with Crippen molar-refractivity contribution in [3.63, 3.8) is 0 Å². The van der Waals surface area contributed by atoms with Crippen molar-refractivity contribution in [2.75, 3.05) is 33.7 Å². The van der Waals surface area contributed by atoms with E-state index in [4.69, 9.17) is 0 Å². The lowest BCUT2D eigenvalue weighted by Gasteiger charge is -2.28. The maximum Gasteiger partial charge on any atom is 0.327 e. The van der Waals surface area contributed by atoms with Gasteiger partial charge < -0.3 is 9.80 Å². The summed E-state index contributed by atoms with van der Waals surface area (Å²) in [6, 6.07) is 9.82. The number of benzene rings is 1. The Morgan fingerprint density at radius 2 is 1.86 bits per heavy atom. The molecule has 0 bridgehead atoms. The number of imide groups is 1. The van der Waals surface area contributed by atoms with Crippen LogP contribution in [0.3, 0.4) is 0 Å². The maximum absolute atomic E-state index is 12.3. The molecule has 2 rings (SSSR count). The number of amides is 3. The number of hydrogen-bond donors (Lipinski definition) is 0. The van der Waals surface area contributed by atoms with Crippen LogP contribution in [-0.4, -0.2) is 60.4 Å². The molecule has 0 radical (unpaired) electrons. The SMILES string of the molecule is CCCN1CC(=O)N(CC(c2ccccc2)N(C)C)C1=O. The summed E-state index contributed by atoms with van der Waals surface area (Å²) in [4.78, 5) is 29.5. The molecule has 1 aliphatic rings. The molecule has 0 N–H and O–H groups in total. The molecule has 1 atom stereocenters.